The molecule has 170 valence electrons. The SMILES string of the molecule is CCCNC(=O)[C@H]1[C@H]2C(=O)N(CCCO)C(C(=O)NC(C)CCC)C23CC[C@]1(C)O3. The van der Waals surface area contributed by atoms with E-state index in [0.29, 0.717) is 25.8 Å². The lowest BCUT2D eigenvalue weighted by molar-refractivity contribution is -0.146. The van der Waals surface area contributed by atoms with Crippen LogP contribution >= 0.6 is 0 Å². The predicted octanol–water partition coefficient (Wildman–Crippen LogP) is 0.965. The summed E-state index contributed by atoms with van der Waals surface area (Å²) in [6, 6.07) is -0.780. The Bertz CT molecular complexity index is 686. The number of hydrogen-bond donors (Lipinski definition) is 3. The van der Waals surface area contributed by atoms with Gasteiger partial charge in [-0.3, -0.25) is 14.4 Å². The van der Waals surface area contributed by atoms with Crippen LogP contribution in [0.5, 0.6) is 0 Å². The molecule has 0 aliphatic carbocycles. The molecule has 8 nitrogen and oxygen atoms in total. The maximum Gasteiger partial charge on any atom is 0.246 e. The number of ether oxygens (including phenoxy) is 1. The molecular formula is C22H37N3O5. The third kappa shape index (κ3) is 3.62. The molecule has 3 heterocycles. The molecule has 0 aromatic rings. The number of aliphatic hydroxyl groups is 1. The van der Waals surface area contributed by atoms with Crippen molar-refractivity contribution in [3.05, 3.63) is 0 Å². The average Bonchev–Trinajstić information content (AvgIpc) is 3.25. The van der Waals surface area contributed by atoms with E-state index in [0.717, 1.165) is 19.3 Å². The molecule has 0 saturated carbocycles. The minimum atomic E-state index is -0.981. The first-order valence-corrected chi connectivity index (χ1v) is 11.4. The number of hydrogen-bond acceptors (Lipinski definition) is 5. The van der Waals surface area contributed by atoms with Gasteiger partial charge < -0.3 is 25.4 Å². The Morgan fingerprint density at radius 2 is 2.00 bits per heavy atom. The van der Waals surface area contributed by atoms with Crippen LogP contribution in [0.1, 0.15) is 66.2 Å². The Kier molecular flexibility index (Phi) is 6.77. The van der Waals surface area contributed by atoms with Gasteiger partial charge in [0.25, 0.3) is 0 Å². The summed E-state index contributed by atoms with van der Waals surface area (Å²) < 4.78 is 6.49. The summed E-state index contributed by atoms with van der Waals surface area (Å²) in [6.45, 7) is 8.66. The number of aliphatic hydroxyl groups excluding tert-OH is 1. The first kappa shape index (κ1) is 23.0. The van der Waals surface area contributed by atoms with Gasteiger partial charge in [-0.15, -0.1) is 0 Å². The Hall–Kier alpha value is -1.67. The van der Waals surface area contributed by atoms with E-state index in [1.54, 1.807) is 4.90 Å². The summed E-state index contributed by atoms with van der Waals surface area (Å²) in [5.41, 5.74) is -1.72. The van der Waals surface area contributed by atoms with Gasteiger partial charge in [-0.2, -0.15) is 0 Å². The van der Waals surface area contributed by atoms with E-state index in [1.807, 2.05) is 20.8 Å². The average molecular weight is 424 g/mol. The van der Waals surface area contributed by atoms with E-state index >= 15 is 0 Å². The van der Waals surface area contributed by atoms with Crippen LogP contribution in [0.3, 0.4) is 0 Å². The van der Waals surface area contributed by atoms with Crippen LogP contribution in [0, 0.1) is 11.8 Å². The Balaban J connectivity index is 1.95. The molecular weight excluding hydrogens is 386 g/mol. The zero-order valence-corrected chi connectivity index (χ0v) is 18.7. The topological polar surface area (TPSA) is 108 Å². The molecule has 8 heteroatoms. The molecule has 0 radical (unpaired) electrons. The van der Waals surface area contributed by atoms with E-state index in [2.05, 4.69) is 17.6 Å². The Morgan fingerprint density at radius 1 is 1.27 bits per heavy atom. The summed E-state index contributed by atoms with van der Waals surface area (Å²) in [4.78, 5) is 41.5. The van der Waals surface area contributed by atoms with Crippen LogP contribution in [0.4, 0.5) is 0 Å². The van der Waals surface area contributed by atoms with Crippen molar-refractivity contribution in [2.24, 2.45) is 11.8 Å². The molecule has 30 heavy (non-hydrogen) atoms. The molecule has 1 spiro atoms. The van der Waals surface area contributed by atoms with Crippen molar-refractivity contribution in [3.8, 4) is 0 Å². The number of rotatable bonds is 10. The van der Waals surface area contributed by atoms with Crippen LogP contribution in [0.25, 0.3) is 0 Å². The molecule has 3 rings (SSSR count). The highest BCUT2D eigenvalue weighted by atomic mass is 16.5. The molecule has 3 fully saturated rings. The van der Waals surface area contributed by atoms with Crippen molar-refractivity contribution >= 4 is 17.7 Å². The minimum Gasteiger partial charge on any atom is -0.396 e. The number of nitrogens with zero attached hydrogens (tertiary/aromatic N) is 1. The number of amides is 3. The lowest BCUT2D eigenvalue weighted by Gasteiger charge is -2.34. The predicted molar refractivity (Wildman–Crippen MR) is 111 cm³/mol. The third-order valence-electron chi connectivity index (χ3n) is 7.02. The van der Waals surface area contributed by atoms with Gasteiger partial charge in [-0.1, -0.05) is 20.3 Å². The quantitative estimate of drug-likeness (QED) is 0.485. The zero-order valence-electron chi connectivity index (χ0n) is 18.7. The molecule has 3 aliphatic heterocycles. The molecule has 6 atom stereocenters. The number of carbonyl (C=O) groups is 3. The van der Waals surface area contributed by atoms with E-state index in [4.69, 9.17) is 4.74 Å². The lowest BCUT2D eigenvalue weighted by atomic mass is 9.66. The first-order valence-electron chi connectivity index (χ1n) is 11.4. The maximum absolute atomic E-state index is 13.5. The van der Waals surface area contributed by atoms with Crippen molar-refractivity contribution in [2.45, 2.75) is 89.5 Å². The normalized spacial score (nSPS) is 35.4. The van der Waals surface area contributed by atoms with Crippen molar-refractivity contribution in [1.29, 1.82) is 0 Å². The fourth-order valence-corrected chi connectivity index (χ4v) is 5.79. The van der Waals surface area contributed by atoms with E-state index in [9.17, 15) is 19.5 Å². The number of carbonyl (C=O) groups excluding carboxylic acids is 3. The van der Waals surface area contributed by atoms with Gasteiger partial charge in [-0.25, -0.2) is 0 Å². The van der Waals surface area contributed by atoms with Gasteiger partial charge in [0.2, 0.25) is 17.7 Å². The third-order valence-corrected chi connectivity index (χ3v) is 7.02. The zero-order chi connectivity index (χ0) is 22.1. The van der Waals surface area contributed by atoms with Gasteiger partial charge in [0.1, 0.15) is 11.6 Å². The van der Waals surface area contributed by atoms with Gasteiger partial charge in [0.15, 0.2) is 0 Å². The largest absolute Gasteiger partial charge is 0.396 e. The molecule has 3 aliphatic rings. The van der Waals surface area contributed by atoms with Crippen molar-refractivity contribution < 1.29 is 24.2 Å². The number of fused-ring (bicyclic) bond motifs is 1. The summed E-state index contributed by atoms with van der Waals surface area (Å²) in [5, 5.41) is 15.3. The van der Waals surface area contributed by atoms with Gasteiger partial charge in [0, 0.05) is 25.7 Å². The second-order valence-corrected chi connectivity index (χ2v) is 9.33. The van der Waals surface area contributed by atoms with E-state index in [1.165, 1.54) is 0 Å². The Labute approximate surface area is 179 Å². The van der Waals surface area contributed by atoms with Crippen LogP contribution in [-0.2, 0) is 19.1 Å². The highest BCUT2D eigenvalue weighted by Gasteiger charge is 2.77. The van der Waals surface area contributed by atoms with Crippen LogP contribution in [-0.4, -0.2) is 70.7 Å². The molecule has 3 saturated heterocycles. The highest BCUT2D eigenvalue weighted by molar-refractivity contribution is 5.99. The van der Waals surface area contributed by atoms with Crippen molar-refractivity contribution in [3.63, 3.8) is 0 Å². The standard InChI is InChI=1S/C22H37N3O5/c1-5-8-14(3)24-19(28)17-22-10-9-21(4,30-22)15(18(27)23-11-6-2)16(22)20(29)25(17)12-7-13-26/h14-17,26H,5-13H2,1-4H3,(H,23,27)(H,24,28)/t14?,15-,16+,17?,21+,22?/m1/s1. The summed E-state index contributed by atoms with van der Waals surface area (Å²) >= 11 is 0. The first-order chi connectivity index (χ1) is 14.3. The van der Waals surface area contributed by atoms with Crippen LogP contribution < -0.4 is 10.6 Å². The molecule has 0 aromatic heterocycles. The van der Waals surface area contributed by atoms with Crippen LogP contribution in [0.2, 0.25) is 0 Å². The van der Waals surface area contributed by atoms with E-state index < -0.39 is 29.1 Å². The number of nitrogens with one attached hydrogen (secondary N) is 2. The Morgan fingerprint density at radius 3 is 2.63 bits per heavy atom. The summed E-state index contributed by atoms with van der Waals surface area (Å²) in [7, 11) is 0. The highest BCUT2D eigenvalue weighted by Crippen LogP contribution is 2.63. The molecule has 3 N–H and O–H groups in total. The minimum absolute atomic E-state index is 0.00872. The molecule has 3 unspecified atom stereocenters. The van der Waals surface area contributed by atoms with Crippen molar-refractivity contribution in [2.75, 3.05) is 19.7 Å². The van der Waals surface area contributed by atoms with Gasteiger partial charge >= 0.3 is 0 Å². The summed E-state index contributed by atoms with van der Waals surface area (Å²) in [5.74, 6) is -1.85. The monoisotopic (exact) mass is 423 g/mol. The smallest absolute Gasteiger partial charge is 0.246 e. The van der Waals surface area contributed by atoms with Gasteiger partial charge in [-0.05, 0) is 46.0 Å². The molecule has 2 bridgehead atoms. The van der Waals surface area contributed by atoms with Crippen molar-refractivity contribution in [1.82, 2.24) is 15.5 Å². The van der Waals surface area contributed by atoms with Crippen LogP contribution in [0.15, 0.2) is 0 Å². The van der Waals surface area contributed by atoms with Gasteiger partial charge in [0.05, 0.1) is 17.4 Å². The maximum atomic E-state index is 13.5. The number of likely N-dealkylation sites (tertiary alicyclic amines) is 1. The summed E-state index contributed by atoms with van der Waals surface area (Å²) in [6.07, 6.45) is 4.20. The molecule has 3 amide bonds. The second-order valence-electron chi connectivity index (χ2n) is 9.33. The van der Waals surface area contributed by atoms with E-state index in [-0.39, 0.29) is 36.9 Å². The molecule has 0 aromatic carbocycles. The lowest BCUT2D eigenvalue weighted by Crippen LogP contribution is -2.56. The second kappa shape index (κ2) is 8.83. The fraction of sp³-hybridized carbons (Fsp3) is 0.864. The fourth-order valence-electron chi connectivity index (χ4n) is 5.79.